The third-order valence-corrected chi connectivity index (χ3v) is 5.69. The summed E-state index contributed by atoms with van der Waals surface area (Å²) in [5.41, 5.74) is 3.09. The van der Waals surface area contributed by atoms with Crippen LogP contribution in [0.1, 0.15) is 71.1 Å². The van der Waals surface area contributed by atoms with E-state index in [0.717, 1.165) is 42.9 Å². The maximum Gasteiger partial charge on any atom is 0.259 e. The molecule has 28 heavy (non-hydrogen) atoms. The molecule has 0 saturated carbocycles. The second-order valence-electron chi connectivity index (χ2n) is 7.60. The predicted molar refractivity (Wildman–Crippen MR) is 100 cm³/mol. The topological polar surface area (TPSA) is 92.4 Å². The number of fused-ring (bicyclic) bond motifs is 1. The Morgan fingerprint density at radius 1 is 1.21 bits per heavy atom. The lowest BCUT2D eigenvalue weighted by molar-refractivity contribution is -0.132. The zero-order valence-electron chi connectivity index (χ0n) is 16.6. The third-order valence-electron chi connectivity index (χ3n) is 5.69. The summed E-state index contributed by atoms with van der Waals surface area (Å²) in [7, 11) is 0. The van der Waals surface area contributed by atoms with Gasteiger partial charge in [-0.2, -0.15) is 0 Å². The third kappa shape index (κ3) is 3.27. The van der Waals surface area contributed by atoms with Crippen LogP contribution in [-0.2, 0) is 17.8 Å². The Bertz CT molecular complexity index is 903. The Morgan fingerprint density at radius 3 is 2.75 bits per heavy atom. The molecule has 1 saturated heterocycles. The van der Waals surface area contributed by atoms with Crippen molar-refractivity contribution in [3.63, 3.8) is 0 Å². The summed E-state index contributed by atoms with van der Waals surface area (Å²) in [5.74, 6) is 1.27. The van der Waals surface area contributed by atoms with Gasteiger partial charge in [0.2, 0.25) is 5.91 Å². The van der Waals surface area contributed by atoms with Gasteiger partial charge < -0.3 is 14.3 Å². The highest BCUT2D eigenvalue weighted by Gasteiger charge is 2.31. The van der Waals surface area contributed by atoms with E-state index < -0.39 is 0 Å². The van der Waals surface area contributed by atoms with Crippen molar-refractivity contribution in [2.24, 2.45) is 0 Å². The smallest absolute Gasteiger partial charge is 0.259 e. The van der Waals surface area contributed by atoms with E-state index in [1.807, 2.05) is 11.1 Å². The number of piperidine rings is 1. The van der Waals surface area contributed by atoms with Crippen molar-refractivity contribution in [3.8, 4) is 0 Å². The molecule has 2 aromatic heterocycles. The van der Waals surface area contributed by atoms with Crippen molar-refractivity contribution in [3.05, 3.63) is 40.3 Å². The fourth-order valence-corrected chi connectivity index (χ4v) is 4.19. The van der Waals surface area contributed by atoms with Gasteiger partial charge in [0.15, 0.2) is 5.82 Å². The number of carbonyl (C=O) groups is 2. The summed E-state index contributed by atoms with van der Waals surface area (Å²) in [6, 6.07) is -0.0430. The molecule has 2 aromatic rings. The average molecular weight is 383 g/mol. The Labute approximate surface area is 163 Å². The van der Waals surface area contributed by atoms with Gasteiger partial charge >= 0.3 is 0 Å². The summed E-state index contributed by atoms with van der Waals surface area (Å²) in [6.07, 6.45) is 5.49. The fraction of sp³-hybridized carbons (Fsp3) is 0.550. The van der Waals surface area contributed by atoms with E-state index in [-0.39, 0.29) is 17.9 Å². The maximum atomic E-state index is 12.9. The van der Waals surface area contributed by atoms with Crippen LogP contribution < -0.4 is 0 Å². The summed E-state index contributed by atoms with van der Waals surface area (Å²) in [5, 5.41) is 3.88. The lowest BCUT2D eigenvalue weighted by Crippen LogP contribution is -2.39. The highest BCUT2D eigenvalue weighted by Crippen LogP contribution is 2.30. The van der Waals surface area contributed by atoms with Gasteiger partial charge in [0, 0.05) is 44.7 Å². The molecule has 0 unspecified atom stereocenters. The van der Waals surface area contributed by atoms with Crippen LogP contribution in [0.3, 0.4) is 0 Å². The van der Waals surface area contributed by atoms with E-state index in [1.54, 1.807) is 25.7 Å². The molecule has 4 heterocycles. The molecule has 0 radical (unpaired) electrons. The summed E-state index contributed by atoms with van der Waals surface area (Å²) >= 11 is 0. The van der Waals surface area contributed by atoms with Crippen molar-refractivity contribution in [2.45, 2.75) is 59.0 Å². The molecule has 1 fully saturated rings. The second kappa shape index (κ2) is 7.33. The monoisotopic (exact) mass is 383 g/mol. The number of amides is 2. The first-order valence-corrected chi connectivity index (χ1v) is 9.79. The quantitative estimate of drug-likeness (QED) is 0.790. The second-order valence-corrected chi connectivity index (χ2v) is 7.60. The molecule has 0 spiro atoms. The number of aromatic nitrogens is 3. The molecular weight excluding hydrogens is 358 g/mol. The molecule has 4 rings (SSSR count). The number of likely N-dealkylation sites (tertiary alicyclic amines) is 1. The van der Waals surface area contributed by atoms with Gasteiger partial charge in [0.25, 0.3) is 5.91 Å². The Kier molecular flexibility index (Phi) is 4.87. The van der Waals surface area contributed by atoms with Gasteiger partial charge in [-0.25, -0.2) is 9.97 Å². The van der Waals surface area contributed by atoms with E-state index in [0.29, 0.717) is 36.5 Å². The lowest BCUT2D eigenvalue weighted by Gasteiger charge is -2.35. The van der Waals surface area contributed by atoms with E-state index in [1.165, 1.54) is 0 Å². The molecule has 2 aliphatic rings. The molecule has 148 valence electrons. The minimum atomic E-state index is -0.0685. The van der Waals surface area contributed by atoms with Crippen molar-refractivity contribution >= 4 is 11.8 Å². The number of carbonyl (C=O) groups excluding carboxylic acids is 2. The summed E-state index contributed by atoms with van der Waals surface area (Å²) in [6.45, 7) is 6.97. The molecule has 0 N–H and O–H groups in total. The normalized spacial score (nSPS) is 19.5. The molecular formula is C20H25N5O3. The van der Waals surface area contributed by atoms with E-state index in [9.17, 15) is 9.59 Å². The van der Waals surface area contributed by atoms with Gasteiger partial charge in [-0.3, -0.25) is 9.59 Å². The highest BCUT2D eigenvalue weighted by molar-refractivity contribution is 5.96. The first kappa shape index (κ1) is 18.6. The summed E-state index contributed by atoms with van der Waals surface area (Å²) in [4.78, 5) is 37.9. The lowest BCUT2D eigenvalue weighted by atomic mass is 10.00. The minimum Gasteiger partial charge on any atom is -0.361 e. The van der Waals surface area contributed by atoms with Gasteiger partial charge in [0.1, 0.15) is 11.3 Å². The fourth-order valence-electron chi connectivity index (χ4n) is 4.19. The first-order valence-electron chi connectivity index (χ1n) is 9.79. The minimum absolute atomic E-state index is 0.0430. The number of hydrogen-bond acceptors (Lipinski definition) is 6. The molecule has 8 nitrogen and oxygen atoms in total. The van der Waals surface area contributed by atoms with Crippen LogP contribution >= 0.6 is 0 Å². The van der Waals surface area contributed by atoms with Crippen LogP contribution in [0.25, 0.3) is 0 Å². The van der Waals surface area contributed by atoms with Crippen LogP contribution in [0.4, 0.5) is 0 Å². The van der Waals surface area contributed by atoms with Crippen molar-refractivity contribution in [2.75, 3.05) is 13.1 Å². The molecule has 8 heteroatoms. The Morgan fingerprint density at radius 2 is 2.04 bits per heavy atom. The van der Waals surface area contributed by atoms with Gasteiger partial charge in [-0.15, -0.1) is 0 Å². The summed E-state index contributed by atoms with van der Waals surface area (Å²) < 4.78 is 5.13. The number of nitrogens with zero attached hydrogens (tertiary/aromatic N) is 5. The van der Waals surface area contributed by atoms with Gasteiger partial charge in [0.05, 0.1) is 17.4 Å². The van der Waals surface area contributed by atoms with Crippen LogP contribution in [-0.4, -0.2) is 49.8 Å². The van der Waals surface area contributed by atoms with Crippen LogP contribution in [0.15, 0.2) is 10.7 Å². The van der Waals surface area contributed by atoms with Crippen molar-refractivity contribution < 1.29 is 14.1 Å². The van der Waals surface area contributed by atoms with Crippen LogP contribution in [0.2, 0.25) is 0 Å². The standard InChI is InChI=1S/C20H25N5O3/c1-12-18(13(2)28-23-12)20(27)24-9-7-16-15(11-24)10-21-19(22-16)17-6-4-5-8-25(17)14(3)26/h10,17H,4-9,11H2,1-3H3/t17-/m0/s1. The molecule has 1 atom stereocenters. The van der Waals surface area contributed by atoms with Crippen LogP contribution in [0.5, 0.6) is 0 Å². The van der Waals surface area contributed by atoms with E-state index >= 15 is 0 Å². The number of aryl methyl sites for hydroxylation is 2. The molecule has 2 aliphatic heterocycles. The SMILES string of the molecule is CC(=O)N1CCCC[C@H]1c1ncc2c(n1)CCN(C(=O)c1c(C)noc1C)C2. The molecule has 2 amide bonds. The molecule has 0 bridgehead atoms. The predicted octanol–water partition coefficient (Wildman–Crippen LogP) is 2.35. The Balaban J connectivity index is 1.55. The Hall–Kier alpha value is -2.77. The van der Waals surface area contributed by atoms with Crippen molar-refractivity contribution in [1.82, 2.24) is 24.9 Å². The number of rotatable bonds is 2. The van der Waals surface area contributed by atoms with Crippen LogP contribution in [0, 0.1) is 13.8 Å². The molecule has 0 aromatic carbocycles. The average Bonchev–Trinajstić information content (AvgIpc) is 3.04. The zero-order valence-corrected chi connectivity index (χ0v) is 16.6. The van der Waals surface area contributed by atoms with Crippen molar-refractivity contribution in [1.29, 1.82) is 0 Å². The van der Waals surface area contributed by atoms with E-state index in [4.69, 9.17) is 9.51 Å². The number of hydrogen-bond donors (Lipinski definition) is 0. The molecule has 0 aliphatic carbocycles. The maximum absolute atomic E-state index is 12.9. The van der Waals surface area contributed by atoms with E-state index in [2.05, 4.69) is 10.1 Å². The van der Waals surface area contributed by atoms with Gasteiger partial charge in [-0.1, -0.05) is 5.16 Å². The first-order chi connectivity index (χ1) is 13.5. The highest BCUT2D eigenvalue weighted by atomic mass is 16.5. The largest absolute Gasteiger partial charge is 0.361 e. The zero-order chi connectivity index (χ0) is 19.8. The van der Waals surface area contributed by atoms with Gasteiger partial charge in [-0.05, 0) is 33.1 Å².